The molecule has 2 atom stereocenters. The van der Waals surface area contributed by atoms with Crippen LogP contribution in [0.1, 0.15) is 61.2 Å². The van der Waals surface area contributed by atoms with Crippen LogP contribution in [0, 0.1) is 6.92 Å². The van der Waals surface area contributed by atoms with Crippen molar-refractivity contribution in [2.24, 2.45) is 0 Å². The molecule has 6 heteroatoms. The first-order valence-electron chi connectivity index (χ1n) is 11.0. The van der Waals surface area contributed by atoms with E-state index in [0.717, 1.165) is 51.3 Å². The number of hydrogen-bond acceptors (Lipinski definition) is 3. The molecule has 0 bridgehead atoms. The molecule has 1 aromatic carbocycles. The third kappa shape index (κ3) is 3.85. The van der Waals surface area contributed by atoms with Crippen LogP contribution in [0.2, 0.25) is 5.02 Å². The standard InChI is InChI=1S/C25H26ClN3OS/c1-16-18(10-7-11-19(16)26)21-13-14-22(30-21)24-23(20-12-5-6-15-27-20)28-25(31)29(24)17-8-3-2-4-9-17/h5-7,10-15,17,23-24H,2-4,8-9H2,1H3,(H,28,31)/t23-,24+/m1/s1. The van der Waals surface area contributed by atoms with Gasteiger partial charge in [0.05, 0.1) is 11.7 Å². The van der Waals surface area contributed by atoms with Crippen LogP contribution in [0.15, 0.2) is 59.1 Å². The third-order valence-electron chi connectivity index (χ3n) is 6.55. The average Bonchev–Trinajstić information content (AvgIpc) is 3.41. The van der Waals surface area contributed by atoms with Crippen LogP contribution in [0.5, 0.6) is 0 Å². The molecule has 0 unspecified atom stereocenters. The lowest BCUT2D eigenvalue weighted by atomic mass is 9.92. The van der Waals surface area contributed by atoms with Gasteiger partial charge in [-0.3, -0.25) is 4.98 Å². The van der Waals surface area contributed by atoms with Gasteiger partial charge >= 0.3 is 0 Å². The number of thiocarbonyl (C=S) groups is 1. The molecule has 160 valence electrons. The summed E-state index contributed by atoms with van der Waals surface area (Å²) in [7, 11) is 0. The van der Waals surface area contributed by atoms with E-state index >= 15 is 0 Å². The van der Waals surface area contributed by atoms with E-state index in [-0.39, 0.29) is 12.1 Å². The van der Waals surface area contributed by atoms with Crippen molar-refractivity contribution in [1.29, 1.82) is 0 Å². The Kier molecular flexibility index (Phi) is 5.72. The minimum Gasteiger partial charge on any atom is -0.459 e. The lowest BCUT2D eigenvalue weighted by molar-refractivity contribution is 0.179. The number of furan rings is 1. The second-order valence-corrected chi connectivity index (χ2v) is 9.23. The highest BCUT2D eigenvalue weighted by Crippen LogP contribution is 2.44. The zero-order valence-corrected chi connectivity index (χ0v) is 19.1. The van der Waals surface area contributed by atoms with Crippen molar-refractivity contribution >= 4 is 28.9 Å². The van der Waals surface area contributed by atoms with Gasteiger partial charge in [-0.25, -0.2) is 0 Å². The predicted octanol–water partition coefficient (Wildman–Crippen LogP) is 6.61. The van der Waals surface area contributed by atoms with E-state index in [0.29, 0.717) is 6.04 Å². The monoisotopic (exact) mass is 451 g/mol. The van der Waals surface area contributed by atoms with Crippen molar-refractivity contribution in [2.45, 2.75) is 57.2 Å². The van der Waals surface area contributed by atoms with Crippen molar-refractivity contribution in [1.82, 2.24) is 15.2 Å². The molecule has 1 aliphatic heterocycles. The molecule has 1 saturated heterocycles. The molecule has 5 rings (SSSR count). The summed E-state index contributed by atoms with van der Waals surface area (Å²) in [6.07, 6.45) is 7.95. The maximum absolute atomic E-state index is 6.48. The zero-order valence-electron chi connectivity index (χ0n) is 17.6. The minimum atomic E-state index is -0.0462. The fourth-order valence-corrected chi connectivity index (χ4v) is 5.52. The summed E-state index contributed by atoms with van der Waals surface area (Å²) in [5.74, 6) is 1.74. The van der Waals surface area contributed by atoms with E-state index in [1.165, 1.54) is 19.3 Å². The zero-order chi connectivity index (χ0) is 21.4. The molecular weight excluding hydrogens is 426 g/mol. The molecule has 1 aliphatic carbocycles. The fraction of sp³-hybridized carbons (Fsp3) is 0.360. The van der Waals surface area contributed by atoms with Crippen LogP contribution in [0.4, 0.5) is 0 Å². The van der Waals surface area contributed by atoms with E-state index in [9.17, 15) is 0 Å². The first kappa shape index (κ1) is 20.5. The first-order chi connectivity index (χ1) is 15.1. The molecule has 0 radical (unpaired) electrons. The normalized spacial score (nSPS) is 22.0. The van der Waals surface area contributed by atoms with Crippen LogP contribution < -0.4 is 5.32 Å². The van der Waals surface area contributed by atoms with Gasteiger partial charge in [0.15, 0.2) is 5.11 Å². The Morgan fingerprint density at radius 2 is 1.90 bits per heavy atom. The Morgan fingerprint density at radius 1 is 1.06 bits per heavy atom. The highest BCUT2D eigenvalue weighted by molar-refractivity contribution is 7.80. The Morgan fingerprint density at radius 3 is 2.68 bits per heavy atom. The number of hydrogen-bond donors (Lipinski definition) is 1. The lowest BCUT2D eigenvalue weighted by Gasteiger charge is -2.36. The second-order valence-electron chi connectivity index (χ2n) is 8.44. The Balaban J connectivity index is 1.56. The van der Waals surface area contributed by atoms with Crippen LogP contribution in [0.25, 0.3) is 11.3 Å². The van der Waals surface area contributed by atoms with Crippen LogP contribution in [-0.2, 0) is 0 Å². The van der Waals surface area contributed by atoms with Crippen LogP contribution >= 0.6 is 23.8 Å². The first-order valence-corrected chi connectivity index (χ1v) is 11.8. The largest absolute Gasteiger partial charge is 0.459 e. The number of pyridine rings is 1. The number of nitrogens with zero attached hydrogens (tertiary/aromatic N) is 2. The number of halogens is 1. The number of rotatable bonds is 4. The molecule has 0 spiro atoms. The van der Waals surface area contributed by atoms with Crippen molar-refractivity contribution in [3.8, 4) is 11.3 Å². The van der Waals surface area contributed by atoms with E-state index in [1.54, 1.807) is 0 Å². The van der Waals surface area contributed by atoms with Gasteiger partial charge < -0.3 is 14.6 Å². The molecule has 3 heterocycles. The minimum absolute atomic E-state index is 0.0289. The van der Waals surface area contributed by atoms with Crippen LogP contribution in [-0.4, -0.2) is 21.0 Å². The molecule has 0 amide bonds. The summed E-state index contributed by atoms with van der Waals surface area (Å²) < 4.78 is 6.48. The van der Waals surface area contributed by atoms with Gasteiger partial charge in [0.2, 0.25) is 0 Å². The summed E-state index contributed by atoms with van der Waals surface area (Å²) in [5, 5.41) is 5.09. The molecule has 4 nitrogen and oxygen atoms in total. The highest BCUT2D eigenvalue weighted by Gasteiger charge is 2.44. The van der Waals surface area contributed by atoms with Gasteiger partial charge in [0, 0.05) is 22.8 Å². The van der Waals surface area contributed by atoms with E-state index in [1.807, 2.05) is 43.5 Å². The molecule has 31 heavy (non-hydrogen) atoms. The van der Waals surface area contributed by atoms with Crippen LogP contribution in [0.3, 0.4) is 0 Å². The summed E-state index contributed by atoms with van der Waals surface area (Å²) in [4.78, 5) is 7.01. The summed E-state index contributed by atoms with van der Waals surface area (Å²) in [6.45, 7) is 2.02. The van der Waals surface area contributed by atoms with Gasteiger partial charge in [-0.2, -0.15) is 0 Å². The van der Waals surface area contributed by atoms with Gasteiger partial charge in [-0.15, -0.1) is 0 Å². The Bertz CT molecular complexity index is 1080. The van der Waals surface area contributed by atoms with Gasteiger partial charge in [0.1, 0.15) is 17.6 Å². The van der Waals surface area contributed by atoms with Crippen molar-refractivity contribution < 1.29 is 4.42 Å². The smallest absolute Gasteiger partial charge is 0.170 e. The molecule has 3 aromatic rings. The maximum Gasteiger partial charge on any atom is 0.170 e. The lowest BCUT2D eigenvalue weighted by Crippen LogP contribution is -2.40. The van der Waals surface area contributed by atoms with Gasteiger partial charge in [-0.05, 0) is 67.9 Å². The molecule has 2 aromatic heterocycles. The molecule has 1 saturated carbocycles. The van der Waals surface area contributed by atoms with E-state index in [4.69, 9.17) is 28.2 Å². The van der Waals surface area contributed by atoms with E-state index < -0.39 is 0 Å². The quantitative estimate of drug-likeness (QED) is 0.452. The predicted molar refractivity (Wildman–Crippen MR) is 128 cm³/mol. The number of aromatic nitrogens is 1. The van der Waals surface area contributed by atoms with Crippen molar-refractivity contribution in [2.75, 3.05) is 0 Å². The van der Waals surface area contributed by atoms with Gasteiger partial charge in [-0.1, -0.05) is 49.1 Å². The molecular formula is C25H26ClN3OS. The second kappa shape index (κ2) is 8.64. The van der Waals surface area contributed by atoms with Gasteiger partial charge in [0.25, 0.3) is 0 Å². The molecule has 2 aliphatic rings. The average molecular weight is 452 g/mol. The molecule has 1 N–H and O–H groups in total. The molecule has 2 fully saturated rings. The number of nitrogens with one attached hydrogen (secondary N) is 1. The highest BCUT2D eigenvalue weighted by atomic mass is 35.5. The topological polar surface area (TPSA) is 41.3 Å². The maximum atomic E-state index is 6.48. The van der Waals surface area contributed by atoms with Crippen molar-refractivity contribution in [3.05, 3.63) is 76.8 Å². The van der Waals surface area contributed by atoms with E-state index in [2.05, 4.69) is 33.4 Å². The summed E-state index contributed by atoms with van der Waals surface area (Å²) in [5.41, 5.74) is 3.02. The third-order valence-corrected chi connectivity index (χ3v) is 7.29. The van der Waals surface area contributed by atoms with Crippen molar-refractivity contribution in [3.63, 3.8) is 0 Å². The fourth-order valence-electron chi connectivity index (χ4n) is 4.95. The summed E-state index contributed by atoms with van der Waals surface area (Å²) in [6, 6.07) is 16.4. The Hall–Kier alpha value is -2.37. The SMILES string of the molecule is Cc1c(Cl)cccc1-c1ccc([C@H]2[C@@H](c3ccccn3)NC(=S)N2C2CCCCC2)o1. The summed E-state index contributed by atoms with van der Waals surface area (Å²) >= 11 is 12.2. The Labute approximate surface area is 193 Å². The number of benzene rings is 1.